The van der Waals surface area contributed by atoms with Crippen LogP contribution in [0.15, 0.2) is 36.9 Å². The van der Waals surface area contributed by atoms with Crippen molar-refractivity contribution >= 4 is 16.6 Å². The van der Waals surface area contributed by atoms with Crippen molar-refractivity contribution in [3.63, 3.8) is 0 Å². The van der Waals surface area contributed by atoms with Gasteiger partial charge in [0, 0.05) is 42.2 Å². The number of nitrogens with one attached hydrogen (secondary N) is 1. The lowest BCUT2D eigenvalue weighted by Crippen LogP contribution is -2.04. The van der Waals surface area contributed by atoms with Gasteiger partial charge in [-0.2, -0.15) is 5.10 Å². The Morgan fingerprint density at radius 1 is 1.27 bits per heavy atom. The van der Waals surface area contributed by atoms with Crippen LogP contribution in [0.25, 0.3) is 27.7 Å². The summed E-state index contributed by atoms with van der Waals surface area (Å²) in [6, 6.07) is 2.22. The van der Waals surface area contributed by atoms with Gasteiger partial charge in [0.1, 0.15) is 5.65 Å². The van der Waals surface area contributed by atoms with Gasteiger partial charge in [-0.3, -0.25) is 4.68 Å². The lowest BCUT2D eigenvalue weighted by molar-refractivity contribution is 0.124. The molecular weight excluding hydrogens is 276 g/mol. The van der Waals surface area contributed by atoms with E-state index in [9.17, 15) is 0 Å². The topological polar surface area (TPSA) is 55.7 Å². The van der Waals surface area contributed by atoms with Crippen molar-refractivity contribution in [3.05, 3.63) is 42.5 Å². The number of aryl methyl sites for hydroxylation is 1. The van der Waals surface area contributed by atoms with Gasteiger partial charge in [0.2, 0.25) is 0 Å². The Morgan fingerprint density at radius 2 is 2.23 bits per heavy atom. The first-order chi connectivity index (χ1) is 10.8. The third kappa shape index (κ3) is 1.69. The number of hydrogen-bond acceptors (Lipinski definition) is 3. The molecule has 1 unspecified atom stereocenters. The maximum absolute atomic E-state index is 5.91. The molecule has 0 saturated carbocycles. The number of ether oxygens (including phenoxy) is 1. The highest BCUT2D eigenvalue weighted by Gasteiger charge is 2.34. The Labute approximate surface area is 127 Å². The zero-order chi connectivity index (χ0) is 14.7. The molecule has 1 N–H and O–H groups in total. The van der Waals surface area contributed by atoms with E-state index in [1.54, 1.807) is 0 Å². The van der Waals surface area contributed by atoms with Crippen LogP contribution in [0.3, 0.4) is 0 Å². The maximum atomic E-state index is 5.91. The summed E-state index contributed by atoms with van der Waals surface area (Å²) in [5, 5.41) is 5.39. The Hall–Kier alpha value is -2.40. The molecule has 5 heterocycles. The molecule has 0 spiro atoms. The minimum atomic E-state index is 0.255. The Kier molecular flexibility index (Phi) is 2.38. The first-order valence-electron chi connectivity index (χ1n) is 7.61. The predicted octanol–water partition coefficient (Wildman–Crippen LogP) is 2.91. The average Bonchev–Trinajstić information content (AvgIpc) is 3.29. The highest BCUT2D eigenvalue weighted by molar-refractivity contribution is 5.95. The van der Waals surface area contributed by atoms with Crippen LogP contribution >= 0.6 is 0 Å². The summed E-state index contributed by atoms with van der Waals surface area (Å²) in [6.45, 7) is 0. The summed E-state index contributed by atoms with van der Waals surface area (Å²) in [5.41, 5.74) is 5.62. The van der Waals surface area contributed by atoms with E-state index < -0.39 is 0 Å². The second kappa shape index (κ2) is 4.30. The van der Waals surface area contributed by atoms with Crippen molar-refractivity contribution in [2.45, 2.75) is 25.0 Å². The fourth-order valence-corrected chi connectivity index (χ4v) is 3.56. The van der Waals surface area contributed by atoms with Crippen LogP contribution in [0.1, 0.15) is 18.4 Å². The first-order valence-corrected chi connectivity index (χ1v) is 7.61. The minimum absolute atomic E-state index is 0.255. The van der Waals surface area contributed by atoms with Gasteiger partial charge in [0.15, 0.2) is 0 Å². The molecule has 0 aliphatic carbocycles. The molecule has 1 fully saturated rings. The van der Waals surface area contributed by atoms with E-state index in [1.807, 2.05) is 36.5 Å². The van der Waals surface area contributed by atoms with Crippen molar-refractivity contribution in [1.29, 1.82) is 0 Å². The quantitative estimate of drug-likeness (QED) is 0.790. The van der Waals surface area contributed by atoms with Gasteiger partial charge in [0.05, 0.1) is 18.4 Å². The second-order valence-corrected chi connectivity index (χ2v) is 6.09. The Bertz CT molecular complexity index is 904. The van der Waals surface area contributed by atoms with Crippen LogP contribution in [0.5, 0.6) is 0 Å². The van der Waals surface area contributed by atoms with Gasteiger partial charge in [-0.1, -0.05) is 0 Å². The zero-order valence-corrected chi connectivity index (χ0v) is 12.3. The molecule has 2 aliphatic rings. The van der Waals surface area contributed by atoms with Crippen molar-refractivity contribution in [3.8, 4) is 11.1 Å². The highest BCUT2D eigenvalue weighted by Crippen LogP contribution is 2.40. The summed E-state index contributed by atoms with van der Waals surface area (Å²) in [4.78, 5) is 7.83. The van der Waals surface area contributed by atoms with Crippen molar-refractivity contribution < 1.29 is 4.74 Å². The minimum Gasteiger partial charge on any atom is -0.366 e. The number of H-pyrrole nitrogens is 1. The average molecular weight is 292 g/mol. The summed E-state index contributed by atoms with van der Waals surface area (Å²) >= 11 is 0. The van der Waals surface area contributed by atoms with Gasteiger partial charge in [-0.15, -0.1) is 0 Å². The molecule has 3 aromatic heterocycles. The smallest absolute Gasteiger partial charge is 0.137 e. The molecule has 0 aromatic carbocycles. The third-order valence-corrected chi connectivity index (χ3v) is 4.65. The molecule has 0 radical (unpaired) electrons. The van der Waals surface area contributed by atoms with Crippen LogP contribution in [0, 0.1) is 0 Å². The number of rotatable bonds is 2. The van der Waals surface area contributed by atoms with Gasteiger partial charge < -0.3 is 9.72 Å². The molecule has 3 aromatic rings. The van der Waals surface area contributed by atoms with E-state index in [-0.39, 0.29) is 6.10 Å². The molecule has 2 atom stereocenters. The number of pyridine rings is 1. The van der Waals surface area contributed by atoms with Crippen LogP contribution < -0.4 is 0 Å². The molecule has 2 bridgehead atoms. The summed E-state index contributed by atoms with van der Waals surface area (Å²) in [6.07, 6.45) is 12.9. The number of hydrogen-bond donors (Lipinski definition) is 1. The molecule has 1 saturated heterocycles. The van der Waals surface area contributed by atoms with E-state index in [0.717, 1.165) is 35.0 Å². The number of aromatic nitrogens is 4. The van der Waals surface area contributed by atoms with E-state index in [4.69, 9.17) is 4.74 Å². The van der Waals surface area contributed by atoms with Crippen molar-refractivity contribution in [2.75, 3.05) is 0 Å². The number of aromatic amines is 1. The van der Waals surface area contributed by atoms with E-state index in [2.05, 4.69) is 27.2 Å². The molecule has 5 rings (SSSR count). The fourth-order valence-electron chi connectivity index (χ4n) is 3.56. The summed E-state index contributed by atoms with van der Waals surface area (Å²) in [7, 11) is 1.93. The van der Waals surface area contributed by atoms with E-state index in [0.29, 0.717) is 6.10 Å². The van der Waals surface area contributed by atoms with Gasteiger partial charge in [0.25, 0.3) is 0 Å². The van der Waals surface area contributed by atoms with Gasteiger partial charge in [-0.05, 0) is 36.1 Å². The standard InChI is InChI=1S/C17H16N4O/c1-21-9-11(7-20-21)15-8-19-17-14(15)4-10(6-18-17)13-5-12-2-3-16(13)22-12/h4-9,12,16H,2-3H2,1H3,(H,18,19)/t12-,16?/m0/s1. The largest absolute Gasteiger partial charge is 0.366 e. The first kappa shape index (κ1) is 12.2. The third-order valence-electron chi connectivity index (χ3n) is 4.65. The van der Waals surface area contributed by atoms with E-state index in [1.165, 1.54) is 11.1 Å². The molecule has 0 amide bonds. The molecule has 5 nitrogen and oxygen atoms in total. The Balaban J connectivity index is 1.65. The molecule has 2 aliphatic heterocycles. The van der Waals surface area contributed by atoms with Crippen molar-refractivity contribution in [2.24, 2.45) is 7.05 Å². The lowest BCUT2D eigenvalue weighted by Gasteiger charge is -2.11. The van der Waals surface area contributed by atoms with Crippen LogP contribution in [-0.2, 0) is 11.8 Å². The van der Waals surface area contributed by atoms with Crippen LogP contribution in [-0.4, -0.2) is 32.0 Å². The second-order valence-electron chi connectivity index (χ2n) is 6.09. The van der Waals surface area contributed by atoms with Crippen LogP contribution in [0.2, 0.25) is 0 Å². The highest BCUT2D eigenvalue weighted by atomic mass is 16.5. The monoisotopic (exact) mass is 292 g/mol. The van der Waals surface area contributed by atoms with E-state index >= 15 is 0 Å². The van der Waals surface area contributed by atoms with Gasteiger partial charge in [-0.25, -0.2) is 4.98 Å². The number of nitrogens with zero attached hydrogens (tertiary/aromatic N) is 3. The molecular formula is C17H16N4O. The Morgan fingerprint density at radius 3 is 2.95 bits per heavy atom. The molecule has 5 heteroatoms. The maximum Gasteiger partial charge on any atom is 0.137 e. The molecule has 22 heavy (non-hydrogen) atoms. The molecule has 110 valence electrons. The van der Waals surface area contributed by atoms with Gasteiger partial charge >= 0.3 is 0 Å². The summed E-state index contributed by atoms with van der Waals surface area (Å²) in [5.74, 6) is 0. The SMILES string of the molecule is Cn1cc(-c2c[nH]c3ncc(C4=C[C@@H]5CCC4O5)cc23)cn1. The number of fused-ring (bicyclic) bond motifs is 3. The zero-order valence-electron chi connectivity index (χ0n) is 12.3. The van der Waals surface area contributed by atoms with Crippen LogP contribution in [0.4, 0.5) is 0 Å². The lowest BCUT2D eigenvalue weighted by atomic mass is 9.94. The summed E-state index contributed by atoms with van der Waals surface area (Å²) < 4.78 is 7.73. The normalized spacial score (nSPS) is 23.4. The predicted molar refractivity (Wildman–Crippen MR) is 84.2 cm³/mol. The fraction of sp³-hybridized carbons (Fsp3) is 0.294. The van der Waals surface area contributed by atoms with Crippen molar-refractivity contribution in [1.82, 2.24) is 19.7 Å².